The van der Waals surface area contributed by atoms with E-state index in [9.17, 15) is 43.5 Å². The van der Waals surface area contributed by atoms with Crippen molar-refractivity contribution in [1.29, 1.82) is 0 Å². The largest absolute Gasteiger partial charge is 0.508 e. The van der Waals surface area contributed by atoms with Crippen LogP contribution < -0.4 is 21.8 Å². The van der Waals surface area contributed by atoms with Crippen LogP contribution in [-0.4, -0.2) is 125 Å². The Morgan fingerprint density at radius 2 is 1.11 bits per heavy atom. The highest BCUT2D eigenvalue weighted by Gasteiger charge is 2.52. The van der Waals surface area contributed by atoms with E-state index >= 15 is 0 Å². The van der Waals surface area contributed by atoms with Crippen molar-refractivity contribution in [3.05, 3.63) is 119 Å². The van der Waals surface area contributed by atoms with Gasteiger partial charge in [0.15, 0.2) is 0 Å². The van der Waals surface area contributed by atoms with Crippen molar-refractivity contribution in [2.45, 2.75) is 117 Å². The van der Waals surface area contributed by atoms with E-state index in [1.807, 2.05) is 32.9 Å². The third kappa shape index (κ3) is 10.9. The molecule has 3 N–H and O–H groups in total. The van der Waals surface area contributed by atoms with Gasteiger partial charge in [-0.1, -0.05) is 46.2 Å². The number of phenols is 1. The molecule has 0 bridgehead atoms. The van der Waals surface area contributed by atoms with Crippen LogP contribution in [0.25, 0.3) is 44.6 Å². The smallest absolute Gasteiger partial charge is 0.355 e. The monoisotopic (exact) mass is 1150 g/mol. The molecule has 0 fully saturated rings. The molecule has 10 rings (SSSR count). The Morgan fingerprint density at radius 3 is 1.60 bits per heavy atom. The number of rotatable bonds is 24. The molecule has 2 amide bonds. The Hall–Kier alpha value is -8.38. The standard InChI is InChI=1S/C61H66N6O17/c1-7-35(80-19-18-79-32-51(70)63-25-53(72)84-60(10-4)44-22-48-54-40(26-66(48)56(73)42(44)29-81-58(60)75)36(8-2)38-20-33(6)12-14-46(38)64-54)28-77-16-17-78-31-50(69)62-24-52(71)83-61(11-5)45-23-49-55-41(27-67(49)57(74)43(45)30-82-59(61)76)37(9-3)39-21-34(68)13-15-47(39)65-55/h12-15,20-23,35,68H,7-11,16-19,24-32H2,1-6H3,(H,62,69)(H,63,70)/t35?,60-,61-/m0/s1. The fourth-order valence-electron chi connectivity index (χ4n) is 11.7. The summed E-state index contributed by atoms with van der Waals surface area (Å²) >= 11 is 0. The molecule has 84 heavy (non-hydrogen) atoms. The summed E-state index contributed by atoms with van der Waals surface area (Å²) in [6, 6.07) is 14.3. The molecular formula is C61H66N6O17. The van der Waals surface area contributed by atoms with Gasteiger partial charge in [-0.15, -0.1) is 0 Å². The van der Waals surface area contributed by atoms with Crippen molar-refractivity contribution in [3.63, 3.8) is 0 Å². The molecule has 0 aliphatic carbocycles. The number of benzene rings is 2. The first-order valence-electron chi connectivity index (χ1n) is 28.3. The lowest BCUT2D eigenvalue weighted by atomic mass is 9.85. The van der Waals surface area contributed by atoms with Gasteiger partial charge in [0, 0.05) is 33.0 Å². The number of aromatic nitrogens is 4. The first kappa shape index (κ1) is 58.8. The number of amides is 2. The van der Waals surface area contributed by atoms with E-state index in [-0.39, 0.29) is 105 Å². The summed E-state index contributed by atoms with van der Waals surface area (Å²) in [6.45, 7) is 9.57. The van der Waals surface area contributed by atoms with E-state index in [2.05, 4.69) is 23.6 Å². The number of aromatic hydroxyl groups is 1. The Balaban J connectivity index is 0.632. The maximum absolute atomic E-state index is 14.1. The number of pyridine rings is 4. The van der Waals surface area contributed by atoms with Crippen LogP contribution in [-0.2, 0) is 117 Å². The van der Waals surface area contributed by atoms with E-state index in [0.717, 1.165) is 44.1 Å². The molecule has 2 aromatic carbocycles. The van der Waals surface area contributed by atoms with Crippen molar-refractivity contribution < 1.29 is 71.8 Å². The number of nitrogens with one attached hydrogen (secondary N) is 2. The van der Waals surface area contributed by atoms with Gasteiger partial charge in [-0.25, -0.2) is 19.6 Å². The number of hydrogen-bond donors (Lipinski definition) is 3. The van der Waals surface area contributed by atoms with E-state index in [1.165, 1.54) is 6.07 Å². The zero-order valence-electron chi connectivity index (χ0n) is 47.7. The van der Waals surface area contributed by atoms with Crippen LogP contribution in [0.4, 0.5) is 0 Å². The second-order valence-electron chi connectivity index (χ2n) is 21.0. The Labute approximate surface area is 481 Å². The van der Waals surface area contributed by atoms with Gasteiger partial charge in [-0.05, 0) is 92.6 Å². The quantitative estimate of drug-likeness (QED) is 0.0427. The molecule has 0 radical (unpaired) electrons. The molecule has 0 saturated carbocycles. The molecule has 0 saturated heterocycles. The SMILES string of the molecule is CCc1c2c(nc3ccc(O)cc13)-c1cc3c(c(=O)n1C2)COC(=O)[C@@]3(CC)OC(=O)CNC(=O)COCCOCC(CC)OCCOCC(=O)NCC(=O)O[C@]1(CC)C(=O)OCc2c1cc1n(c2=O)Cc2c-1nc1ccc(C)cc1c2CC. The third-order valence-corrected chi connectivity index (χ3v) is 16.0. The van der Waals surface area contributed by atoms with Gasteiger partial charge in [-0.2, -0.15) is 0 Å². The lowest BCUT2D eigenvalue weighted by Gasteiger charge is -2.35. The summed E-state index contributed by atoms with van der Waals surface area (Å²) in [7, 11) is 0. The molecule has 23 nitrogen and oxygen atoms in total. The lowest BCUT2D eigenvalue weighted by molar-refractivity contribution is -0.189. The second-order valence-corrected chi connectivity index (χ2v) is 21.0. The van der Waals surface area contributed by atoms with Gasteiger partial charge in [0.2, 0.25) is 23.0 Å². The van der Waals surface area contributed by atoms with Gasteiger partial charge in [0.25, 0.3) is 11.1 Å². The van der Waals surface area contributed by atoms with Gasteiger partial charge in [0.1, 0.15) is 45.3 Å². The molecule has 8 heterocycles. The summed E-state index contributed by atoms with van der Waals surface area (Å²) in [6.07, 6.45) is 1.45. The average molecular weight is 1160 g/mol. The molecule has 4 aliphatic rings. The third-order valence-electron chi connectivity index (χ3n) is 16.0. The fraction of sp³-hybridized carbons (Fsp3) is 0.443. The van der Waals surface area contributed by atoms with Crippen LogP contribution in [0.15, 0.2) is 58.1 Å². The molecule has 442 valence electrons. The summed E-state index contributed by atoms with van der Waals surface area (Å²) in [5, 5.41) is 16.9. The van der Waals surface area contributed by atoms with Crippen molar-refractivity contribution in [2.24, 2.45) is 0 Å². The molecule has 6 aromatic rings. The van der Waals surface area contributed by atoms with Gasteiger partial charge in [0.05, 0.1) is 97.2 Å². The number of phenolic OH excluding ortho intramolecular Hbond substituents is 1. The van der Waals surface area contributed by atoms with E-state index in [4.69, 9.17) is 47.9 Å². The van der Waals surface area contributed by atoms with Gasteiger partial charge in [-0.3, -0.25) is 28.8 Å². The normalized spacial score (nSPS) is 17.5. The van der Waals surface area contributed by atoms with Crippen LogP contribution >= 0.6 is 0 Å². The van der Waals surface area contributed by atoms with Crippen LogP contribution in [0, 0.1) is 6.92 Å². The topological polar surface area (TPSA) is 290 Å². The predicted octanol–water partition coefficient (Wildman–Crippen LogP) is 4.49. The lowest BCUT2D eigenvalue weighted by Crippen LogP contribution is -2.48. The number of nitrogens with zero attached hydrogens (tertiary/aromatic N) is 4. The molecule has 23 heteroatoms. The summed E-state index contributed by atoms with van der Waals surface area (Å²) in [5.41, 5.74) is 4.49. The van der Waals surface area contributed by atoms with Crippen LogP contribution in [0.5, 0.6) is 5.75 Å². The van der Waals surface area contributed by atoms with Crippen molar-refractivity contribution in [3.8, 4) is 28.5 Å². The summed E-state index contributed by atoms with van der Waals surface area (Å²) in [5.74, 6) is -4.72. The molecule has 0 spiro atoms. The highest BCUT2D eigenvalue weighted by Crippen LogP contribution is 2.44. The minimum absolute atomic E-state index is 0.0282. The minimum atomic E-state index is -1.97. The minimum Gasteiger partial charge on any atom is -0.508 e. The number of carbonyl (C=O) groups is 6. The number of hydrogen-bond acceptors (Lipinski definition) is 19. The molecule has 3 atom stereocenters. The summed E-state index contributed by atoms with van der Waals surface area (Å²) < 4.78 is 48.2. The number of fused-ring (bicyclic) bond motifs is 10. The average Bonchev–Trinajstić information content (AvgIpc) is 4.07. The van der Waals surface area contributed by atoms with Crippen LogP contribution in [0.1, 0.15) is 104 Å². The zero-order chi connectivity index (χ0) is 59.6. The van der Waals surface area contributed by atoms with Crippen LogP contribution in [0.3, 0.4) is 0 Å². The van der Waals surface area contributed by atoms with Gasteiger partial charge >= 0.3 is 23.9 Å². The first-order valence-corrected chi connectivity index (χ1v) is 28.3. The number of cyclic esters (lactones) is 2. The van der Waals surface area contributed by atoms with Crippen molar-refractivity contribution in [2.75, 3.05) is 59.3 Å². The highest BCUT2D eigenvalue weighted by molar-refractivity contribution is 5.93. The molecule has 4 aromatic heterocycles. The molecule has 1 unspecified atom stereocenters. The van der Waals surface area contributed by atoms with E-state index < -0.39 is 78.8 Å². The summed E-state index contributed by atoms with van der Waals surface area (Å²) in [4.78, 5) is 117. The Morgan fingerprint density at radius 1 is 0.631 bits per heavy atom. The Kier molecular flexibility index (Phi) is 17.1. The predicted molar refractivity (Wildman–Crippen MR) is 300 cm³/mol. The number of ether oxygens (including phenoxy) is 8. The van der Waals surface area contributed by atoms with E-state index in [0.29, 0.717) is 54.1 Å². The maximum atomic E-state index is 14.1. The second kappa shape index (κ2) is 24.4. The number of aryl methyl sites for hydroxylation is 3. The Bertz CT molecular complexity index is 3800. The van der Waals surface area contributed by atoms with Crippen molar-refractivity contribution >= 4 is 57.5 Å². The fourth-order valence-corrected chi connectivity index (χ4v) is 11.7. The number of carbonyl (C=O) groups excluding carboxylic acids is 6. The van der Waals surface area contributed by atoms with Crippen LogP contribution in [0.2, 0.25) is 0 Å². The van der Waals surface area contributed by atoms with Gasteiger partial charge < -0.3 is 62.8 Å². The van der Waals surface area contributed by atoms with E-state index in [1.54, 1.807) is 47.2 Å². The molecular weight excluding hydrogens is 1090 g/mol. The first-order chi connectivity index (χ1) is 40.5. The molecule has 4 aliphatic heterocycles. The maximum Gasteiger partial charge on any atom is 0.355 e. The zero-order valence-corrected chi connectivity index (χ0v) is 47.7. The number of esters is 4. The van der Waals surface area contributed by atoms with Crippen molar-refractivity contribution in [1.82, 2.24) is 29.7 Å². The highest BCUT2D eigenvalue weighted by atomic mass is 16.6.